The number of aromatic hydroxyl groups is 2. The van der Waals surface area contributed by atoms with Crippen molar-refractivity contribution >= 4 is 6.08 Å². The average Bonchev–Trinajstić information content (AvgIpc) is 2.40. The van der Waals surface area contributed by atoms with Crippen LogP contribution in [0.1, 0.15) is 56.6 Å². The molecule has 1 rings (SSSR count). The summed E-state index contributed by atoms with van der Waals surface area (Å²) in [6, 6.07) is 1.50. The van der Waals surface area contributed by atoms with Crippen LogP contribution in [0.4, 0.5) is 0 Å². The molecule has 0 radical (unpaired) electrons. The summed E-state index contributed by atoms with van der Waals surface area (Å²) in [5.74, 6) is 0.167. The maximum absolute atomic E-state index is 10.4. The number of rotatable bonds is 7. The second-order valence-electron chi connectivity index (χ2n) is 4.56. The van der Waals surface area contributed by atoms with Crippen LogP contribution in [-0.4, -0.2) is 23.4 Å². The molecule has 0 heterocycles. The Kier molecular flexibility index (Phi) is 6.05. The zero-order chi connectivity index (χ0) is 15.3. The molecular formula is C16H24O4. The second-order valence-corrected chi connectivity index (χ2v) is 4.56. The van der Waals surface area contributed by atoms with Crippen LogP contribution in [0, 0.1) is 0 Å². The minimum absolute atomic E-state index is 0.0835. The van der Waals surface area contributed by atoms with Gasteiger partial charge in [-0.05, 0) is 33.8 Å². The van der Waals surface area contributed by atoms with Gasteiger partial charge in [-0.25, -0.2) is 0 Å². The Bertz CT molecular complexity index is 468. The third-order valence-corrected chi connectivity index (χ3v) is 3.25. The second kappa shape index (κ2) is 7.31. The van der Waals surface area contributed by atoms with Gasteiger partial charge in [-0.15, -0.1) is 0 Å². The van der Waals surface area contributed by atoms with E-state index >= 15 is 0 Å². The van der Waals surface area contributed by atoms with Gasteiger partial charge in [0.15, 0.2) is 0 Å². The fourth-order valence-corrected chi connectivity index (χ4v) is 2.38. The Morgan fingerprint density at radius 2 is 1.60 bits per heavy atom. The molecule has 1 aromatic carbocycles. The monoisotopic (exact) mass is 280 g/mol. The third-order valence-electron chi connectivity index (χ3n) is 3.25. The van der Waals surface area contributed by atoms with Gasteiger partial charge in [0, 0.05) is 29.9 Å². The maximum atomic E-state index is 10.4. The zero-order valence-electron chi connectivity index (χ0n) is 12.6. The molecule has 2 atom stereocenters. The lowest BCUT2D eigenvalue weighted by Crippen LogP contribution is -2.10. The summed E-state index contributed by atoms with van der Waals surface area (Å²) in [6.07, 6.45) is 0.832. The SMILES string of the molecule is C=Cc1cc(O)c(C(C)OCC)c(C(C)OCC)c1O. The number of hydrogen-bond acceptors (Lipinski definition) is 4. The first-order valence-electron chi connectivity index (χ1n) is 6.92. The molecule has 0 fully saturated rings. The van der Waals surface area contributed by atoms with Crippen molar-refractivity contribution in [2.75, 3.05) is 13.2 Å². The van der Waals surface area contributed by atoms with Crippen LogP contribution in [0.3, 0.4) is 0 Å². The van der Waals surface area contributed by atoms with Crippen molar-refractivity contribution < 1.29 is 19.7 Å². The van der Waals surface area contributed by atoms with E-state index in [0.717, 1.165) is 0 Å². The van der Waals surface area contributed by atoms with Gasteiger partial charge in [-0.3, -0.25) is 0 Å². The summed E-state index contributed by atoms with van der Waals surface area (Å²) >= 11 is 0. The fraction of sp³-hybridized carbons (Fsp3) is 0.500. The molecule has 0 amide bonds. The van der Waals surface area contributed by atoms with Crippen molar-refractivity contribution in [3.63, 3.8) is 0 Å². The molecule has 1 aromatic rings. The highest BCUT2D eigenvalue weighted by Crippen LogP contribution is 2.42. The van der Waals surface area contributed by atoms with Crippen LogP contribution in [0.25, 0.3) is 6.08 Å². The highest BCUT2D eigenvalue weighted by atomic mass is 16.5. The van der Waals surface area contributed by atoms with Crippen molar-refractivity contribution in [3.8, 4) is 11.5 Å². The number of hydrogen-bond donors (Lipinski definition) is 2. The number of ether oxygens (including phenoxy) is 2. The van der Waals surface area contributed by atoms with Crippen molar-refractivity contribution in [3.05, 3.63) is 29.3 Å². The predicted octanol–water partition coefficient (Wildman–Crippen LogP) is 3.94. The van der Waals surface area contributed by atoms with Crippen LogP contribution in [-0.2, 0) is 9.47 Å². The molecule has 4 heteroatoms. The quantitative estimate of drug-likeness (QED) is 0.743. The van der Waals surface area contributed by atoms with E-state index in [1.165, 1.54) is 12.1 Å². The summed E-state index contributed by atoms with van der Waals surface area (Å²) < 4.78 is 11.1. The van der Waals surface area contributed by atoms with Gasteiger partial charge < -0.3 is 19.7 Å². The molecule has 4 nitrogen and oxygen atoms in total. The average molecular weight is 280 g/mol. The largest absolute Gasteiger partial charge is 0.508 e. The Balaban J connectivity index is 3.46. The summed E-state index contributed by atoms with van der Waals surface area (Å²) in [7, 11) is 0. The molecule has 0 aliphatic carbocycles. The number of benzene rings is 1. The Morgan fingerprint density at radius 3 is 2.05 bits per heavy atom. The van der Waals surface area contributed by atoms with E-state index < -0.39 is 0 Å². The molecule has 0 spiro atoms. The van der Waals surface area contributed by atoms with E-state index in [1.54, 1.807) is 0 Å². The molecule has 0 bridgehead atoms. The number of phenolic OH excluding ortho intramolecular Hbond substituents is 2. The van der Waals surface area contributed by atoms with Crippen LogP contribution >= 0.6 is 0 Å². The Morgan fingerprint density at radius 1 is 1.10 bits per heavy atom. The first kappa shape index (κ1) is 16.5. The highest BCUT2D eigenvalue weighted by molar-refractivity contribution is 5.64. The van der Waals surface area contributed by atoms with Crippen molar-refractivity contribution in [1.82, 2.24) is 0 Å². The lowest BCUT2D eigenvalue weighted by Gasteiger charge is -2.24. The van der Waals surface area contributed by atoms with Gasteiger partial charge in [0.2, 0.25) is 0 Å². The number of phenols is 2. The lowest BCUT2D eigenvalue weighted by atomic mass is 9.94. The molecule has 0 aliphatic heterocycles. The van der Waals surface area contributed by atoms with Crippen LogP contribution in [0.5, 0.6) is 11.5 Å². The van der Waals surface area contributed by atoms with Gasteiger partial charge >= 0.3 is 0 Å². The third kappa shape index (κ3) is 3.32. The van der Waals surface area contributed by atoms with Crippen LogP contribution in [0.15, 0.2) is 12.6 Å². The first-order chi connectivity index (χ1) is 9.47. The normalized spacial score (nSPS) is 14.0. The minimum Gasteiger partial charge on any atom is -0.508 e. The van der Waals surface area contributed by atoms with Crippen molar-refractivity contribution in [2.24, 2.45) is 0 Å². The molecular weight excluding hydrogens is 256 g/mol. The summed E-state index contributed by atoms with van der Waals surface area (Å²) in [5, 5.41) is 20.6. The predicted molar refractivity (Wildman–Crippen MR) is 79.9 cm³/mol. The summed E-state index contributed by atoms with van der Waals surface area (Å²) in [4.78, 5) is 0. The maximum Gasteiger partial charge on any atom is 0.129 e. The van der Waals surface area contributed by atoms with Gasteiger partial charge in [0.1, 0.15) is 11.5 Å². The fourth-order valence-electron chi connectivity index (χ4n) is 2.38. The minimum atomic E-state index is -0.344. The zero-order valence-corrected chi connectivity index (χ0v) is 12.6. The van der Waals surface area contributed by atoms with E-state index in [-0.39, 0.29) is 23.7 Å². The molecule has 20 heavy (non-hydrogen) atoms. The molecule has 0 aliphatic rings. The van der Waals surface area contributed by atoms with Gasteiger partial charge in [-0.1, -0.05) is 12.7 Å². The van der Waals surface area contributed by atoms with Gasteiger partial charge in [-0.2, -0.15) is 0 Å². The van der Waals surface area contributed by atoms with Gasteiger partial charge in [0.05, 0.1) is 12.2 Å². The smallest absolute Gasteiger partial charge is 0.129 e. The first-order valence-corrected chi connectivity index (χ1v) is 6.92. The molecule has 112 valence electrons. The van der Waals surface area contributed by atoms with Crippen molar-refractivity contribution in [2.45, 2.75) is 39.9 Å². The molecule has 2 N–H and O–H groups in total. The topological polar surface area (TPSA) is 58.9 Å². The van der Waals surface area contributed by atoms with E-state index in [9.17, 15) is 10.2 Å². The molecule has 0 saturated carbocycles. The van der Waals surface area contributed by atoms with E-state index in [1.807, 2.05) is 27.7 Å². The molecule has 0 aromatic heterocycles. The van der Waals surface area contributed by atoms with Crippen LogP contribution in [0.2, 0.25) is 0 Å². The Hall–Kier alpha value is -1.52. The van der Waals surface area contributed by atoms with E-state index in [0.29, 0.717) is 29.9 Å². The lowest BCUT2D eigenvalue weighted by molar-refractivity contribution is 0.0567. The van der Waals surface area contributed by atoms with E-state index in [2.05, 4.69) is 6.58 Å². The molecule has 0 saturated heterocycles. The Labute approximate surface area is 120 Å². The summed E-state index contributed by atoms with van der Waals surface area (Å²) in [6.45, 7) is 12.1. The van der Waals surface area contributed by atoms with Gasteiger partial charge in [0.25, 0.3) is 0 Å². The summed E-state index contributed by atoms with van der Waals surface area (Å²) in [5.41, 5.74) is 1.61. The highest BCUT2D eigenvalue weighted by Gasteiger charge is 2.25. The van der Waals surface area contributed by atoms with Crippen molar-refractivity contribution in [1.29, 1.82) is 0 Å². The van der Waals surface area contributed by atoms with E-state index in [4.69, 9.17) is 9.47 Å². The standard InChI is InChI=1S/C16H24O4/c1-6-12-9-13(17)14(10(4)19-7-2)15(16(12)18)11(5)20-8-3/h6,9-11,17-18H,1,7-8H2,2-5H3. The van der Waals surface area contributed by atoms with Crippen LogP contribution < -0.4 is 0 Å². The molecule has 2 unspecified atom stereocenters.